The van der Waals surface area contributed by atoms with Gasteiger partial charge in [0.2, 0.25) is 15.9 Å². The van der Waals surface area contributed by atoms with Gasteiger partial charge in [0.15, 0.2) is 5.13 Å². The first-order chi connectivity index (χ1) is 18.3. The fourth-order valence-corrected chi connectivity index (χ4v) is 7.32. The quantitative estimate of drug-likeness (QED) is 0.277. The molecule has 0 bridgehead atoms. The zero-order valence-electron chi connectivity index (χ0n) is 21.1. The maximum Gasteiger partial charge on any atom is 0.243 e. The Morgan fingerprint density at radius 2 is 1.76 bits per heavy atom. The molecule has 0 aliphatic carbocycles. The summed E-state index contributed by atoms with van der Waals surface area (Å²) in [7, 11) is -2.11. The molecule has 3 aromatic carbocycles. The maximum absolute atomic E-state index is 13.9. The minimum Gasteiger partial charge on any atom is -0.497 e. The molecule has 4 aromatic rings. The average molecular weight is 570 g/mol. The number of thiazole rings is 1. The van der Waals surface area contributed by atoms with Gasteiger partial charge in [0, 0.05) is 24.0 Å². The number of fused-ring (bicyclic) bond motifs is 1. The van der Waals surface area contributed by atoms with E-state index in [-0.39, 0.29) is 29.8 Å². The summed E-state index contributed by atoms with van der Waals surface area (Å²) in [6.45, 7) is 2.87. The molecule has 1 aromatic heterocycles. The second-order valence-electron chi connectivity index (χ2n) is 9.28. The van der Waals surface area contributed by atoms with Crippen LogP contribution in [0.5, 0.6) is 5.75 Å². The third-order valence-corrected chi connectivity index (χ3v) is 10.3. The van der Waals surface area contributed by atoms with E-state index in [1.807, 2.05) is 49.4 Å². The van der Waals surface area contributed by atoms with Crippen LogP contribution in [0.3, 0.4) is 0 Å². The first-order valence-electron chi connectivity index (χ1n) is 12.3. The number of amides is 1. The van der Waals surface area contributed by atoms with Gasteiger partial charge in [-0.1, -0.05) is 53.3 Å². The van der Waals surface area contributed by atoms with Gasteiger partial charge in [-0.2, -0.15) is 4.31 Å². The number of carbonyl (C=O) groups excluding carboxylic acids is 1. The lowest BCUT2D eigenvalue weighted by atomic mass is 9.96. The van der Waals surface area contributed by atoms with Crippen LogP contribution in [0, 0.1) is 12.8 Å². The number of carbonyl (C=O) groups is 1. The smallest absolute Gasteiger partial charge is 0.243 e. The van der Waals surface area contributed by atoms with E-state index in [0.29, 0.717) is 35.3 Å². The first kappa shape index (κ1) is 26.6. The summed E-state index contributed by atoms with van der Waals surface area (Å²) >= 11 is 7.79. The van der Waals surface area contributed by atoms with E-state index in [9.17, 15) is 13.2 Å². The summed E-state index contributed by atoms with van der Waals surface area (Å²) in [6.07, 6.45) is 0.879. The van der Waals surface area contributed by atoms with Gasteiger partial charge in [0.1, 0.15) is 5.75 Å². The van der Waals surface area contributed by atoms with Crippen molar-refractivity contribution in [3.05, 3.63) is 82.9 Å². The molecule has 1 amide bonds. The van der Waals surface area contributed by atoms with E-state index >= 15 is 0 Å². The van der Waals surface area contributed by atoms with Gasteiger partial charge in [-0.25, -0.2) is 13.4 Å². The lowest BCUT2D eigenvalue weighted by Gasteiger charge is -2.33. The predicted octanol–water partition coefficient (Wildman–Crippen LogP) is 5.90. The molecule has 10 heteroatoms. The lowest BCUT2D eigenvalue weighted by molar-refractivity contribution is -0.123. The largest absolute Gasteiger partial charge is 0.497 e. The first-order valence-corrected chi connectivity index (χ1v) is 15.0. The van der Waals surface area contributed by atoms with Crippen LogP contribution >= 0.6 is 22.9 Å². The summed E-state index contributed by atoms with van der Waals surface area (Å²) in [5.74, 6) is 0.245. The number of aryl methyl sites for hydroxylation is 1. The van der Waals surface area contributed by atoms with E-state index < -0.39 is 10.0 Å². The highest BCUT2D eigenvalue weighted by atomic mass is 35.5. The molecule has 1 fully saturated rings. The third kappa shape index (κ3) is 5.29. The number of benzene rings is 3. The number of piperidine rings is 1. The third-order valence-electron chi connectivity index (χ3n) is 6.92. The SMILES string of the molecule is COc1ccc(S(=O)(=O)N2CCC(C(=O)N(Cc3ccccc3)c3nc4c(C)c(Cl)ccc4s3)CC2)cc1. The van der Waals surface area contributed by atoms with Gasteiger partial charge in [-0.3, -0.25) is 9.69 Å². The molecule has 0 radical (unpaired) electrons. The van der Waals surface area contributed by atoms with Gasteiger partial charge >= 0.3 is 0 Å². The Morgan fingerprint density at radius 1 is 1.08 bits per heavy atom. The van der Waals surface area contributed by atoms with Crippen LogP contribution in [0.4, 0.5) is 5.13 Å². The van der Waals surface area contributed by atoms with E-state index in [1.165, 1.54) is 22.8 Å². The van der Waals surface area contributed by atoms with E-state index in [1.54, 1.807) is 29.2 Å². The molecular weight excluding hydrogens is 542 g/mol. The number of nitrogens with zero attached hydrogens (tertiary/aromatic N) is 3. The number of ether oxygens (including phenoxy) is 1. The minimum absolute atomic E-state index is 0.0434. The number of anilines is 1. The van der Waals surface area contributed by atoms with Crippen molar-refractivity contribution in [1.82, 2.24) is 9.29 Å². The molecule has 1 aliphatic rings. The zero-order valence-corrected chi connectivity index (χ0v) is 23.5. The minimum atomic E-state index is -3.65. The Kier molecular flexibility index (Phi) is 7.72. The van der Waals surface area contributed by atoms with E-state index in [0.717, 1.165) is 21.3 Å². The molecular formula is C28H28ClN3O4S2. The Hall–Kier alpha value is -2.98. The van der Waals surface area contributed by atoms with Gasteiger partial charge < -0.3 is 4.74 Å². The Labute approximate surface area is 231 Å². The van der Waals surface area contributed by atoms with Crippen LogP contribution in [0.2, 0.25) is 5.02 Å². The Bertz CT molecular complexity index is 1550. The molecule has 0 saturated carbocycles. The average Bonchev–Trinajstić information content (AvgIpc) is 3.39. The van der Waals surface area contributed by atoms with E-state index in [4.69, 9.17) is 21.3 Å². The topological polar surface area (TPSA) is 79.8 Å². The number of sulfonamides is 1. The molecule has 5 rings (SSSR count). The number of hydrogen-bond acceptors (Lipinski definition) is 6. The van der Waals surface area contributed by atoms with Crippen molar-refractivity contribution in [3.63, 3.8) is 0 Å². The molecule has 7 nitrogen and oxygen atoms in total. The Balaban J connectivity index is 1.37. The summed E-state index contributed by atoms with van der Waals surface area (Å²) in [5.41, 5.74) is 2.67. The maximum atomic E-state index is 13.9. The van der Waals surface area contributed by atoms with Crippen molar-refractivity contribution in [3.8, 4) is 5.75 Å². The number of aromatic nitrogens is 1. The number of hydrogen-bond donors (Lipinski definition) is 0. The highest BCUT2D eigenvalue weighted by Crippen LogP contribution is 2.36. The fraction of sp³-hybridized carbons (Fsp3) is 0.286. The molecule has 2 heterocycles. The summed E-state index contributed by atoms with van der Waals surface area (Å²) in [6, 6.07) is 20.0. The molecule has 0 spiro atoms. The molecule has 1 aliphatic heterocycles. The van der Waals surface area contributed by atoms with Crippen LogP contribution in [0.1, 0.15) is 24.0 Å². The molecule has 0 N–H and O–H groups in total. The number of methoxy groups -OCH3 is 1. The van der Waals surface area contributed by atoms with Crippen LogP contribution in [0.15, 0.2) is 71.6 Å². The van der Waals surface area contributed by atoms with Crippen LogP contribution < -0.4 is 9.64 Å². The fourth-order valence-electron chi connectivity index (χ4n) is 4.67. The number of halogens is 1. The van der Waals surface area contributed by atoms with Crippen molar-refractivity contribution >= 4 is 54.2 Å². The molecule has 0 unspecified atom stereocenters. The summed E-state index contributed by atoms with van der Waals surface area (Å²) in [4.78, 5) is 20.7. The molecule has 0 atom stereocenters. The molecule has 1 saturated heterocycles. The van der Waals surface area contributed by atoms with Gasteiger partial charge in [-0.15, -0.1) is 0 Å². The van der Waals surface area contributed by atoms with Crippen molar-refractivity contribution in [2.24, 2.45) is 5.92 Å². The van der Waals surface area contributed by atoms with Crippen molar-refractivity contribution in [2.75, 3.05) is 25.1 Å². The van der Waals surface area contributed by atoms with Gasteiger partial charge in [-0.05, 0) is 67.3 Å². The monoisotopic (exact) mass is 569 g/mol. The molecule has 38 heavy (non-hydrogen) atoms. The van der Waals surface area contributed by atoms with E-state index in [2.05, 4.69) is 0 Å². The summed E-state index contributed by atoms with van der Waals surface area (Å²) in [5, 5.41) is 1.26. The zero-order chi connectivity index (χ0) is 26.9. The Morgan fingerprint density at radius 3 is 2.42 bits per heavy atom. The standard InChI is InChI=1S/C28H28ClN3O4S2/c1-19-24(29)12-13-25-26(19)30-28(37-25)32(18-20-6-4-3-5-7-20)27(33)21-14-16-31(17-15-21)38(34,35)23-10-8-22(36-2)9-11-23/h3-13,21H,14-18H2,1-2H3. The molecule has 198 valence electrons. The van der Waals surface area contributed by atoms with Crippen molar-refractivity contribution in [2.45, 2.75) is 31.2 Å². The highest BCUT2D eigenvalue weighted by molar-refractivity contribution is 7.89. The van der Waals surface area contributed by atoms with Crippen LogP contribution in [-0.2, 0) is 21.4 Å². The van der Waals surface area contributed by atoms with Crippen LogP contribution in [0.25, 0.3) is 10.2 Å². The lowest BCUT2D eigenvalue weighted by Crippen LogP contribution is -2.44. The van der Waals surface area contributed by atoms with Crippen molar-refractivity contribution < 1.29 is 17.9 Å². The van der Waals surface area contributed by atoms with Crippen molar-refractivity contribution in [1.29, 1.82) is 0 Å². The predicted molar refractivity (Wildman–Crippen MR) is 151 cm³/mol. The number of rotatable bonds is 7. The van der Waals surface area contributed by atoms with Crippen LogP contribution in [-0.4, -0.2) is 43.8 Å². The van der Waals surface area contributed by atoms with Gasteiger partial charge in [0.25, 0.3) is 0 Å². The highest BCUT2D eigenvalue weighted by Gasteiger charge is 2.35. The summed E-state index contributed by atoms with van der Waals surface area (Å²) < 4.78 is 33.9. The van der Waals surface area contributed by atoms with Gasteiger partial charge in [0.05, 0.1) is 28.8 Å². The normalized spacial score (nSPS) is 15.0. The second kappa shape index (κ2) is 11.0. The second-order valence-corrected chi connectivity index (χ2v) is 12.6.